The predicted octanol–water partition coefficient (Wildman–Crippen LogP) is 2.32. The van der Waals surface area contributed by atoms with Gasteiger partial charge in [-0.1, -0.05) is 94.6 Å². The van der Waals surface area contributed by atoms with Crippen LogP contribution in [0.1, 0.15) is 93.5 Å². The molecule has 1 aromatic rings. The summed E-state index contributed by atoms with van der Waals surface area (Å²) in [5.74, 6) is -1.44. The number of carbonyl (C=O) groups is 1. The zero-order valence-electron chi connectivity index (χ0n) is 15.5. The Hall–Kier alpha value is 0.126. The number of hydrogen-bond acceptors (Lipinski definition) is 2. The van der Waals surface area contributed by atoms with Crippen molar-refractivity contribution in [3.05, 3.63) is 29.3 Å². The molecule has 0 aliphatic rings. The van der Waals surface area contributed by atoms with Crippen LogP contribution in [0.5, 0.6) is 5.75 Å². The van der Waals surface area contributed by atoms with E-state index in [4.69, 9.17) is 5.11 Å². The molecule has 0 saturated carbocycles. The van der Waals surface area contributed by atoms with Gasteiger partial charge in [-0.05, 0) is 18.9 Å². The minimum absolute atomic E-state index is 0. The number of unbranched alkanes of at least 4 members (excludes halogenated alkanes) is 10. The third-order valence-electron chi connectivity index (χ3n) is 4.38. The maximum absolute atomic E-state index is 11.9. The van der Waals surface area contributed by atoms with Crippen molar-refractivity contribution >= 4 is 5.97 Å². The summed E-state index contributed by atoms with van der Waals surface area (Å²) in [6, 6.07) is 4.80. The average molecular weight is 359 g/mol. The van der Waals surface area contributed by atoms with Crippen LogP contribution in [0.3, 0.4) is 0 Å². The largest absolute Gasteiger partial charge is 1.00 e. The number of benzene rings is 1. The molecule has 130 valence electrons. The van der Waals surface area contributed by atoms with Crippen molar-refractivity contribution in [2.45, 2.75) is 84.0 Å². The molecule has 4 heteroatoms. The Morgan fingerprint density at radius 1 is 0.917 bits per heavy atom. The number of carboxylic acid groups (broad SMARTS) is 1. The van der Waals surface area contributed by atoms with E-state index in [9.17, 15) is 9.90 Å². The molecule has 0 radical (unpaired) electrons. The van der Waals surface area contributed by atoms with E-state index >= 15 is 0 Å². The molecule has 3 nitrogen and oxygen atoms in total. The Bertz CT molecular complexity index is 460. The topological polar surface area (TPSA) is 60.4 Å². The van der Waals surface area contributed by atoms with Crippen LogP contribution in [0.25, 0.3) is 0 Å². The van der Waals surface area contributed by atoms with E-state index in [1.807, 2.05) is 0 Å². The van der Waals surface area contributed by atoms with Gasteiger partial charge in [-0.25, -0.2) is 4.79 Å². The second-order valence-corrected chi connectivity index (χ2v) is 6.38. The van der Waals surface area contributed by atoms with Gasteiger partial charge in [-0.3, -0.25) is 0 Å². The smallest absolute Gasteiger partial charge is 0.872 e. The SMILES string of the molecule is CCCCCCCCCCCCCc1cccc(C(=O)O)c1[O-].[K+]. The van der Waals surface area contributed by atoms with Crippen LogP contribution in [0.2, 0.25) is 0 Å². The van der Waals surface area contributed by atoms with Crippen LogP contribution < -0.4 is 56.5 Å². The minimum Gasteiger partial charge on any atom is -0.872 e. The molecule has 0 spiro atoms. The molecular formula is C20H31KO3. The molecule has 0 aliphatic heterocycles. The Morgan fingerprint density at radius 3 is 1.92 bits per heavy atom. The van der Waals surface area contributed by atoms with Crippen molar-refractivity contribution in [2.24, 2.45) is 0 Å². The van der Waals surface area contributed by atoms with Gasteiger partial charge in [-0.15, -0.1) is 0 Å². The van der Waals surface area contributed by atoms with E-state index in [2.05, 4.69) is 6.92 Å². The summed E-state index contributed by atoms with van der Waals surface area (Å²) in [5, 5.41) is 20.9. The van der Waals surface area contributed by atoms with Crippen LogP contribution in [-0.4, -0.2) is 11.1 Å². The van der Waals surface area contributed by atoms with Crippen molar-refractivity contribution in [3.63, 3.8) is 0 Å². The average Bonchev–Trinajstić information content (AvgIpc) is 2.53. The van der Waals surface area contributed by atoms with Crippen molar-refractivity contribution < 1.29 is 66.4 Å². The standard InChI is InChI=1S/C20H32O3.K/c1-2-3-4-5-6-7-8-9-10-11-12-14-17-15-13-16-18(19(17)21)20(22)23;/h13,15-16,21H,2-12,14H2,1H3,(H,22,23);/q;+1/p-1. The first kappa shape index (κ1) is 24.1. The predicted molar refractivity (Wildman–Crippen MR) is 93.0 cm³/mol. The zero-order valence-corrected chi connectivity index (χ0v) is 18.6. The second-order valence-electron chi connectivity index (χ2n) is 6.38. The molecule has 24 heavy (non-hydrogen) atoms. The van der Waals surface area contributed by atoms with Gasteiger partial charge in [0.05, 0.1) is 5.56 Å². The molecule has 1 N–H and O–H groups in total. The first-order chi connectivity index (χ1) is 11.2. The molecule has 1 rings (SSSR count). The molecule has 0 aliphatic carbocycles. The Balaban J connectivity index is 0.00000529. The fraction of sp³-hybridized carbons (Fsp3) is 0.650. The first-order valence-corrected chi connectivity index (χ1v) is 9.19. The molecule has 0 amide bonds. The number of aromatic carboxylic acids is 1. The number of aryl methyl sites for hydroxylation is 1. The summed E-state index contributed by atoms with van der Waals surface area (Å²) in [7, 11) is 0. The van der Waals surface area contributed by atoms with Gasteiger partial charge in [0.2, 0.25) is 0 Å². The third-order valence-corrected chi connectivity index (χ3v) is 4.38. The van der Waals surface area contributed by atoms with E-state index in [1.54, 1.807) is 12.1 Å². The van der Waals surface area contributed by atoms with Gasteiger partial charge in [-0.2, -0.15) is 0 Å². The van der Waals surface area contributed by atoms with E-state index < -0.39 is 5.97 Å². The molecule has 0 fully saturated rings. The van der Waals surface area contributed by atoms with Gasteiger partial charge in [0.15, 0.2) is 0 Å². The number of hydrogen-bond donors (Lipinski definition) is 1. The molecule has 0 saturated heterocycles. The van der Waals surface area contributed by atoms with Crippen molar-refractivity contribution in [2.75, 3.05) is 0 Å². The third kappa shape index (κ3) is 10.2. The Kier molecular flexibility index (Phi) is 15.5. The molecule has 0 heterocycles. The molecule has 0 bridgehead atoms. The van der Waals surface area contributed by atoms with Crippen molar-refractivity contribution in [1.82, 2.24) is 0 Å². The summed E-state index contributed by atoms with van der Waals surface area (Å²) >= 11 is 0. The summed E-state index contributed by atoms with van der Waals surface area (Å²) in [6.07, 6.45) is 14.7. The number of rotatable bonds is 13. The van der Waals surface area contributed by atoms with E-state index in [0.717, 1.165) is 12.8 Å². The quantitative estimate of drug-likeness (QED) is 0.435. The van der Waals surface area contributed by atoms with Crippen LogP contribution in [-0.2, 0) is 6.42 Å². The molecule has 1 aromatic carbocycles. The van der Waals surface area contributed by atoms with Gasteiger partial charge in [0, 0.05) is 0 Å². The summed E-state index contributed by atoms with van der Waals surface area (Å²) < 4.78 is 0. The van der Waals surface area contributed by atoms with Crippen LogP contribution in [0.4, 0.5) is 0 Å². The Morgan fingerprint density at radius 2 is 1.42 bits per heavy atom. The zero-order chi connectivity index (χ0) is 16.9. The first-order valence-electron chi connectivity index (χ1n) is 9.19. The molecule has 0 atom stereocenters. The maximum Gasteiger partial charge on any atom is 1.00 e. The van der Waals surface area contributed by atoms with Crippen LogP contribution >= 0.6 is 0 Å². The number of para-hydroxylation sites is 1. The second kappa shape index (κ2) is 15.4. The normalized spacial score (nSPS) is 10.4. The van der Waals surface area contributed by atoms with E-state index in [-0.39, 0.29) is 62.7 Å². The van der Waals surface area contributed by atoms with Crippen LogP contribution in [0.15, 0.2) is 18.2 Å². The number of carboxylic acids is 1. The molecule has 0 unspecified atom stereocenters. The van der Waals surface area contributed by atoms with Gasteiger partial charge in [0.1, 0.15) is 0 Å². The fourth-order valence-corrected chi connectivity index (χ4v) is 2.93. The van der Waals surface area contributed by atoms with Gasteiger partial charge >= 0.3 is 57.4 Å². The minimum atomic E-state index is -1.13. The summed E-state index contributed by atoms with van der Waals surface area (Å²) in [6.45, 7) is 2.24. The fourth-order valence-electron chi connectivity index (χ4n) is 2.93. The molecule has 0 aromatic heterocycles. The summed E-state index contributed by atoms with van der Waals surface area (Å²) in [5.41, 5.74) is 0.534. The summed E-state index contributed by atoms with van der Waals surface area (Å²) in [4.78, 5) is 10.9. The van der Waals surface area contributed by atoms with Crippen molar-refractivity contribution in [3.8, 4) is 5.75 Å². The van der Waals surface area contributed by atoms with E-state index in [1.165, 1.54) is 63.9 Å². The maximum atomic E-state index is 11.9. The van der Waals surface area contributed by atoms with Gasteiger partial charge in [0.25, 0.3) is 0 Å². The van der Waals surface area contributed by atoms with Crippen molar-refractivity contribution in [1.29, 1.82) is 0 Å². The van der Waals surface area contributed by atoms with Gasteiger partial charge < -0.3 is 10.2 Å². The van der Waals surface area contributed by atoms with E-state index in [0.29, 0.717) is 12.0 Å². The molecular weight excluding hydrogens is 327 g/mol. The Labute approximate surface area is 189 Å². The van der Waals surface area contributed by atoms with Crippen LogP contribution in [0, 0.1) is 0 Å². The monoisotopic (exact) mass is 358 g/mol.